The molecule has 2 atom stereocenters. The molecule has 14 heavy (non-hydrogen) atoms. The molecule has 2 rings (SSSR count). The van der Waals surface area contributed by atoms with Crippen LogP contribution in [0.2, 0.25) is 0 Å². The molecule has 0 aliphatic heterocycles. The van der Waals surface area contributed by atoms with Crippen molar-refractivity contribution in [2.75, 3.05) is 0 Å². The van der Waals surface area contributed by atoms with Crippen molar-refractivity contribution in [2.24, 2.45) is 11.8 Å². The Morgan fingerprint density at radius 3 is 2.21 bits per heavy atom. The molecule has 2 fully saturated rings. The molecule has 2 unspecified atom stereocenters. The number of rotatable bonds is 1. The van der Waals surface area contributed by atoms with E-state index in [1.54, 1.807) is 0 Å². The molecule has 0 bridgehead atoms. The summed E-state index contributed by atoms with van der Waals surface area (Å²) in [5, 5.41) is 10.5. The summed E-state index contributed by atoms with van der Waals surface area (Å²) in [6.45, 7) is 0. The van der Waals surface area contributed by atoms with E-state index >= 15 is 0 Å². The number of fused-ring (bicyclic) bond motifs is 1. The largest absolute Gasteiger partial charge is 0.474 e. The Hall–Kier alpha value is -1.20. The number of hydrogen-bond donors (Lipinski definition) is 2. The second-order valence-corrected chi connectivity index (χ2v) is 3.83. The fraction of sp³-hybridized carbons (Fsp3) is 0.750. The van der Waals surface area contributed by atoms with Gasteiger partial charge in [-0.3, -0.25) is 4.79 Å². The Bertz CT molecular complexity index is 291. The highest BCUT2D eigenvalue weighted by Crippen LogP contribution is 2.63. The van der Waals surface area contributed by atoms with E-state index < -0.39 is 35.7 Å². The maximum Gasteiger partial charge on any atom is 0.394 e. The van der Waals surface area contributed by atoms with E-state index in [9.17, 15) is 18.4 Å². The summed E-state index contributed by atoms with van der Waals surface area (Å²) < 4.78 is 25.4. The number of nitrogens with one attached hydrogen (secondary N) is 1. The Balaban J connectivity index is 1.84. The van der Waals surface area contributed by atoms with E-state index in [0.29, 0.717) is 0 Å². The van der Waals surface area contributed by atoms with Crippen LogP contribution < -0.4 is 5.32 Å². The smallest absolute Gasteiger partial charge is 0.394 e. The van der Waals surface area contributed by atoms with E-state index in [-0.39, 0.29) is 12.8 Å². The molecule has 2 aliphatic rings. The Morgan fingerprint density at radius 1 is 1.29 bits per heavy atom. The minimum Gasteiger partial charge on any atom is -0.474 e. The lowest BCUT2D eigenvalue weighted by Gasteiger charge is -2.14. The summed E-state index contributed by atoms with van der Waals surface area (Å²) >= 11 is 0. The SMILES string of the molecule is O=C(O)C(=O)NC1CC2C(C1)C2(F)F. The van der Waals surface area contributed by atoms with Crippen molar-refractivity contribution in [1.29, 1.82) is 0 Å². The van der Waals surface area contributed by atoms with Crippen LogP contribution in [-0.4, -0.2) is 28.9 Å². The fourth-order valence-electron chi connectivity index (χ4n) is 2.18. The van der Waals surface area contributed by atoms with Gasteiger partial charge in [0.25, 0.3) is 5.92 Å². The summed E-state index contributed by atoms with van der Waals surface area (Å²) in [6.07, 6.45) is 0.382. The topological polar surface area (TPSA) is 66.4 Å². The Kier molecular flexibility index (Phi) is 1.77. The van der Waals surface area contributed by atoms with Crippen LogP contribution in [0.3, 0.4) is 0 Å². The molecule has 0 aromatic heterocycles. The molecule has 0 radical (unpaired) electrons. The molecule has 4 nitrogen and oxygen atoms in total. The van der Waals surface area contributed by atoms with Crippen molar-refractivity contribution in [2.45, 2.75) is 24.8 Å². The van der Waals surface area contributed by atoms with E-state index in [2.05, 4.69) is 5.32 Å². The second-order valence-electron chi connectivity index (χ2n) is 3.83. The van der Waals surface area contributed by atoms with Crippen LogP contribution in [0, 0.1) is 11.8 Å². The molecule has 0 spiro atoms. The number of amides is 1. The molecule has 2 saturated carbocycles. The first-order valence-corrected chi connectivity index (χ1v) is 4.34. The van der Waals surface area contributed by atoms with Crippen molar-refractivity contribution in [3.63, 3.8) is 0 Å². The lowest BCUT2D eigenvalue weighted by Crippen LogP contribution is -2.39. The average Bonchev–Trinajstić information content (AvgIpc) is 2.51. The van der Waals surface area contributed by atoms with Crippen molar-refractivity contribution in [1.82, 2.24) is 5.32 Å². The lowest BCUT2D eigenvalue weighted by molar-refractivity contribution is -0.150. The fourth-order valence-corrected chi connectivity index (χ4v) is 2.18. The summed E-state index contributed by atoms with van der Waals surface area (Å²) in [5.74, 6) is -6.56. The summed E-state index contributed by atoms with van der Waals surface area (Å²) in [7, 11) is 0. The number of alkyl halides is 2. The number of carbonyl (C=O) groups excluding carboxylic acids is 1. The highest BCUT2D eigenvalue weighted by atomic mass is 19.3. The van der Waals surface area contributed by atoms with Crippen LogP contribution in [0.5, 0.6) is 0 Å². The van der Waals surface area contributed by atoms with Gasteiger partial charge in [0.15, 0.2) is 0 Å². The van der Waals surface area contributed by atoms with Crippen LogP contribution in [0.4, 0.5) is 8.78 Å². The summed E-state index contributed by atoms with van der Waals surface area (Å²) in [6, 6.07) is -0.395. The molecule has 0 saturated heterocycles. The lowest BCUT2D eigenvalue weighted by atomic mass is 10.1. The molecule has 1 amide bonds. The highest BCUT2D eigenvalue weighted by Gasteiger charge is 2.71. The maximum atomic E-state index is 12.7. The van der Waals surface area contributed by atoms with E-state index in [1.807, 2.05) is 0 Å². The third kappa shape index (κ3) is 1.25. The summed E-state index contributed by atoms with van der Waals surface area (Å²) in [5.41, 5.74) is 0. The van der Waals surface area contributed by atoms with Gasteiger partial charge < -0.3 is 10.4 Å². The van der Waals surface area contributed by atoms with Crippen LogP contribution in [0.25, 0.3) is 0 Å². The number of carboxylic acids is 1. The van der Waals surface area contributed by atoms with Gasteiger partial charge >= 0.3 is 11.9 Å². The number of aliphatic carboxylic acids is 1. The van der Waals surface area contributed by atoms with Crippen LogP contribution >= 0.6 is 0 Å². The van der Waals surface area contributed by atoms with E-state index in [1.165, 1.54) is 0 Å². The molecule has 6 heteroatoms. The van der Waals surface area contributed by atoms with Crippen LogP contribution in [0.15, 0.2) is 0 Å². The van der Waals surface area contributed by atoms with Gasteiger partial charge in [0, 0.05) is 17.9 Å². The minimum atomic E-state index is -2.58. The zero-order chi connectivity index (χ0) is 10.5. The predicted molar refractivity (Wildman–Crippen MR) is 40.7 cm³/mol. The molecule has 2 N–H and O–H groups in total. The van der Waals surface area contributed by atoms with Crippen LogP contribution in [0.1, 0.15) is 12.8 Å². The maximum absolute atomic E-state index is 12.7. The van der Waals surface area contributed by atoms with Gasteiger partial charge in [0.05, 0.1) is 0 Å². The highest BCUT2D eigenvalue weighted by molar-refractivity contribution is 6.31. The van der Waals surface area contributed by atoms with Gasteiger partial charge in [-0.2, -0.15) is 0 Å². The number of carbonyl (C=O) groups is 2. The number of hydrogen-bond acceptors (Lipinski definition) is 2. The molecular weight excluding hydrogens is 196 g/mol. The molecule has 0 heterocycles. The number of carboxylic acid groups (broad SMARTS) is 1. The van der Waals surface area contributed by atoms with Crippen molar-refractivity contribution in [3.8, 4) is 0 Å². The van der Waals surface area contributed by atoms with Gasteiger partial charge in [-0.1, -0.05) is 0 Å². The molecule has 0 aromatic rings. The van der Waals surface area contributed by atoms with Crippen molar-refractivity contribution in [3.05, 3.63) is 0 Å². The minimum absolute atomic E-state index is 0.191. The molecule has 2 aliphatic carbocycles. The standard InChI is InChI=1S/C8H9F2NO3/c9-8(10)4-1-3(2-5(4)8)11-6(12)7(13)14/h3-5H,1-2H2,(H,11,12)(H,13,14). The van der Waals surface area contributed by atoms with Crippen molar-refractivity contribution >= 4 is 11.9 Å². The van der Waals surface area contributed by atoms with E-state index in [0.717, 1.165) is 0 Å². The van der Waals surface area contributed by atoms with Gasteiger partial charge in [-0.15, -0.1) is 0 Å². The first-order chi connectivity index (χ1) is 6.43. The van der Waals surface area contributed by atoms with Gasteiger partial charge in [0.1, 0.15) is 0 Å². The zero-order valence-electron chi connectivity index (χ0n) is 7.17. The van der Waals surface area contributed by atoms with Crippen molar-refractivity contribution < 1.29 is 23.5 Å². The third-order valence-corrected chi connectivity index (χ3v) is 2.97. The first-order valence-electron chi connectivity index (χ1n) is 4.34. The van der Waals surface area contributed by atoms with Crippen LogP contribution in [-0.2, 0) is 9.59 Å². The second kappa shape index (κ2) is 2.65. The molecular formula is C8H9F2NO3. The summed E-state index contributed by atoms with van der Waals surface area (Å²) in [4.78, 5) is 20.8. The predicted octanol–water partition coefficient (Wildman–Crippen LogP) is 0.231. The normalized spacial score (nSPS) is 37.4. The zero-order valence-corrected chi connectivity index (χ0v) is 7.17. The Labute approximate surface area is 78.3 Å². The average molecular weight is 205 g/mol. The van der Waals surface area contributed by atoms with Gasteiger partial charge in [0.2, 0.25) is 0 Å². The van der Waals surface area contributed by atoms with E-state index in [4.69, 9.17) is 5.11 Å². The Morgan fingerprint density at radius 2 is 1.79 bits per heavy atom. The monoisotopic (exact) mass is 205 g/mol. The van der Waals surface area contributed by atoms with Gasteiger partial charge in [-0.25, -0.2) is 13.6 Å². The third-order valence-electron chi connectivity index (χ3n) is 2.97. The first kappa shape index (κ1) is 9.36. The van der Waals surface area contributed by atoms with Gasteiger partial charge in [-0.05, 0) is 12.8 Å². The number of halogens is 2. The molecule has 0 aromatic carbocycles. The molecule has 78 valence electrons. The quantitative estimate of drug-likeness (QED) is 0.602.